The Bertz CT molecular complexity index is 733. The molecule has 2 aliphatic carbocycles. The molecule has 1 N–H and O–H groups in total. The number of carbonyl (C=O) groups excluding carboxylic acids is 1. The van der Waals surface area contributed by atoms with Crippen LogP contribution in [0.2, 0.25) is 0 Å². The summed E-state index contributed by atoms with van der Waals surface area (Å²) in [5.74, 6) is -3.89. The van der Waals surface area contributed by atoms with Gasteiger partial charge in [0, 0.05) is 11.0 Å². The summed E-state index contributed by atoms with van der Waals surface area (Å²) in [5, 5.41) is 18.5. The summed E-state index contributed by atoms with van der Waals surface area (Å²) in [4.78, 5) is 12.4. The largest absolute Gasteiger partial charge is 0.505 e. The molecule has 2 unspecified atom stereocenters. The van der Waals surface area contributed by atoms with Crippen molar-refractivity contribution in [2.75, 3.05) is 0 Å². The number of phenols is 1. The van der Waals surface area contributed by atoms with Gasteiger partial charge in [-0.05, 0) is 36.5 Å². The van der Waals surface area contributed by atoms with Gasteiger partial charge in [0.25, 0.3) is 0 Å². The minimum Gasteiger partial charge on any atom is -0.505 e. The van der Waals surface area contributed by atoms with Gasteiger partial charge in [0.1, 0.15) is 6.07 Å². The van der Waals surface area contributed by atoms with E-state index >= 15 is 0 Å². The lowest BCUT2D eigenvalue weighted by Gasteiger charge is -2.24. The first-order valence-electron chi connectivity index (χ1n) is 6.78. The molecule has 0 aromatic heterocycles. The third-order valence-electron chi connectivity index (χ3n) is 4.79. The summed E-state index contributed by atoms with van der Waals surface area (Å²) in [6, 6.07) is 4.14. The van der Waals surface area contributed by atoms with Gasteiger partial charge < -0.3 is 5.11 Å². The fourth-order valence-corrected chi connectivity index (χ4v) is 3.66. The molecule has 3 rings (SSSR count). The van der Waals surface area contributed by atoms with E-state index in [-0.39, 0.29) is 22.8 Å². The Hall–Kier alpha value is -2.22. The highest BCUT2D eigenvalue weighted by atomic mass is 19.2. The zero-order valence-electron chi connectivity index (χ0n) is 11.4. The molecule has 3 nitrogen and oxygen atoms in total. The van der Waals surface area contributed by atoms with Crippen LogP contribution in [-0.2, 0) is 4.79 Å². The van der Waals surface area contributed by atoms with E-state index in [4.69, 9.17) is 0 Å². The van der Waals surface area contributed by atoms with E-state index in [1.54, 1.807) is 6.92 Å². The van der Waals surface area contributed by atoms with Gasteiger partial charge in [0.05, 0.1) is 5.57 Å². The molecule has 0 saturated heterocycles. The molecule has 5 heteroatoms. The fraction of sp³-hybridized carbons (Fsp3) is 0.375. The van der Waals surface area contributed by atoms with E-state index in [1.165, 1.54) is 6.07 Å². The van der Waals surface area contributed by atoms with Gasteiger partial charge in [-0.15, -0.1) is 0 Å². The van der Waals surface area contributed by atoms with Gasteiger partial charge in [-0.25, -0.2) is 4.39 Å². The van der Waals surface area contributed by atoms with Crippen molar-refractivity contribution in [1.82, 2.24) is 0 Å². The quantitative estimate of drug-likeness (QED) is 0.862. The molecule has 2 atom stereocenters. The molecule has 0 radical (unpaired) electrons. The van der Waals surface area contributed by atoms with Gasteiger partial charge in [0.15, 0.2) is 17.3 Å². The number of carbonyl (C=O) groups is 1. The van der Waals surface area contributed by atoms with Crippen LogP contribution in [0.15, 0.2) is 17.7 Å². The molecule has 0 amide bonds. The van der Waals surface area contributed by atoms with Crippen molar-refractivity contribution in [2.24, 2.45) is 11.3 Å². The van der Waals surface area contributed by atoms with Crippen LogP contribution in [0.4, 0.5) is 8.78 Å². The van der Waals surface area contributed by atoms with Crippen LogP contribution >= 0.6 is 0 Å². The van der Waals surface area contributed by atoms with Gasteiger partial charge in [-0.2, -0.15) is 9.65 Å². The molecular weight excluding hydrogens is 276 g/mol. The smallest absolute Gasteiger partial charge is 0.200 e. The maximum Gasteiger partial charge on any atom is 0.200 e. The maximum absolute atomic E-state index is 14.1. The number of Topliss-reactive ketones (excluding diaryl/α,β-unsaturated/α-hetero) is 1. The first-order valence-corrected chi connectivity index (χ1v) is 6.78. The second-order valence-corrected chi connectivity index (χ2v) is 5.85. The monoisotopic (exact) mass is 289 g/mol. The van der Waals surface area contributed by atoms with E-state index in [0.29, 0.717) is 18.4 Å². The average molecular weight is 289 g/mol. The minimum absolute atomic E-state index is 0.0776. The van der Waals surface area contributed by atoms with Crippen molar-refractivity contribution >= 4 is 11.4 Å². The molecule has 1 aromatic rings. The molecule has 108 valence electrons. The average Bonchev–Trinajstić information content (AvgIpc) is 2.93. The number of hydrogen-bond donors (Lipinski definition) is 1. The number of halogens is 2. The molecular formula is C16H13F2NO2. The number of aromatic hydroxyl groups is 1. The van der Waals surface area contributed by atoms with Crippen molar-refractivity contribution in [3.63, 3.8) is 0 Å². The lowest BCUT2D eigenvalue weighted by atomic mass is 9.77. The van der Waals surface area contributed by atoms with Crippen LogP contribution in [0.25, 0.3) is 5.57 Å². The van der Waals surface area contributed by atoms with E-state index in [0.717, 1.165) is 12.5 Å². The number of rotatable bonds is 1. The summed E-state index contributed by atoms with van der Waals surface area (Å²) < 4.78 is 27.7. The van der Waals surface area contributed by atoms with E-state index in [2.05, 4.69) is 0 Å². The molecule has 0 aliphatic heterocycles. The van der Waals surface area contributed by atoms with Crippen LogP contribution < -0.4 is 0 Å². The van der Waals surface area contributed by atoms with Gasteiger partial charge in [-0.1, -0.05) is 13.3 Å². The van der Waals surface area contributed by atoms with E-state index < -0.39 is 22.8 Å². The second kappa shape index (κ2) is 4.39. The molecule has 1 saturated carbocycles. The van der Waals surface area contributed by atoms with E-state index in [9.17, 15) is 23.9 Å². The molecule has 21 heavy (non-hydrogen) atoms. The predicted octanol–water partition coefficient (Wildman–Crippen LogP) is 3.34. The Balaban J connectivity index is 2.26. The highest BCUT2D eigenvalue weighted by Crippen LogP contribution is 2.57. The van der Waals surface area contributed by atoms with Crippen molar-refractivity contribution in [1.29, 1.82) is 5.26 Å². The molecule has 2 aliphatic rings. The van der Waals surface area contributed by atoms with E-state index in [1.807, 2.05) is 6.07 Å². The Morgan fingerprint density at radius 1 is 1.38 bits per heavy atom. The Morgan fingerprint density at radius 2 is 2.10 bits per heavy atom. The summed E-state index contributed by atoms with van der Waals surface area (Å²) >= 11 is 0. The van der Waals surface area contributed by atoms with Crippen LogP contribution in [-0.4, -0.2) is 10.9 Å². The van der Waals surface area contributed by atoms with Crippen LogP contribution in [0.5, 0.6) is 5.75 Å². The third-order valence-corrected chi connectivity index (χ3v) is 4.79. The SMILES string of the molecule is CC12CCCC1C(c1ccc(O)c(F)c1F)=C(C#N)C2=O. The fourth-order valence-electron chi connectivity index (χ4n) is 3.66. The standard InChI is InChI=1S/C16H13F2NO2/c1-16-6-2-3-10(16)12(9(7-19)15(16)21)8-4-5-11(20)14(18)13(8)17/h4-5,10,20H,2-3,6H2,1H3. The molecule has 0 heterocycles. The number of nitriles is 1. The highest BCUT2D eigenvalue weighted by molar-refractivity contribution is 6.14. The zero-order chi connectivity index (χ0) is 15.4. The lowest BCUT2D eigenvalue weighted by molar-refractivity contribution is -0.123. The highest BCUT2D eigenvalue weighted by Gasteiger charge is 2.54. The van der Waals surface area contributed by atoms with Crippen molar-refractivity contribution < 1.29 is 18.7 Å². The number of ketones is 1. The summed E-state index contributed by atoms with van der Waals surface area (Å²) in [6.45, 7) is 1.78. The first kappa shape index (κ1) is 13.7. The number of fused-ring (bicyclic) bond motifs is 1. The number of benzene rings is 1. The number of hydrogen-bond acceptors (Lipinski definition) is 3. The topological polar surface area (TPSA) is 61.1 Å². The zero-order valence-corrected chi connectivity index (χ0v) is 11.4. The molecule has 1 aromatic carbocycles. The van der Waals surface area contributed by atoms with Gasteiger partial charge in [0.2, 0.25) is 5.82 Å². The predicted molar refractivity (Wildman–Crippen MR) is 71.0 cm³/mol. The summed E-state index contributed by atoms with van der Waals surface area (Å²) in [5.41, 5.74) is -0.572. The molecule has 0 bridgehead atoms. The number of phenolic OH excluding ortho intramolecular Hbond substituents is 1. The number of allylic oxidation sites excluding steroid dienone is 2. The second-order valence-electron chi connectivity index (χ2n) is 5.85. The van der Waals surface area contributed by atoms with Crippen molar-refractivity contribution in [3.05, 3.63) is 34.9 Å². The summed E-state index contributed by atoms with van der Waals surface area (Å²) in [7, 11) is 0. The lowest BCUT2D eigenvalue weighted by Crippen LogP contribution is -2.26. The number of nitrogens with zero attached hydrogens (tertiary/aromatic N) is 1. The normalized spacial score (nSPS) is 27.9. The Labute approximate surface area is 120 Å². The van der Waals surface area contributed by atoms with Crippen LogP contribution in [0.1, 0.15) is 31.7 Å². The van der Waals surface area contributed by atoms with Gasteiger partial charge in [-0.3, -0.25) is 4.79 Å². The third kappa shape index (κ3) is 1.65. The molecule has 1 fully saturated rings. The van der Waals surface area contributed by atoms with Crippen LogP contribution in [0, 0.1) is 34.3 Å². The minimum atomic E-state index is -1.35. The van der Waals surface area contributed by atoms with Crippen molar-refractivity contribution in [2.45, 2.75) is 26.2 Å². The van der Waals surface area contributed by atoms with Gasteiger partial charge >= 0.3 is 0 Å². The van der Waals surface area contributed by atoms with Crippen LogP contribution in [0.3, 0.4) is 0 Å². The Kier molecular flexibility index (Phi) is 2.87. The Morgan fingerprint density at radius 3 is 2.76 bits per heavy atom. The first-order chi connectivity index (χ1) is 9.91. The molecule has 0 spiro atoms. The summed E-state index contributed by atoms with van der Waals surface area (Å²) in [6.07, 6.45) is 2.13. The van der Waals surface area contributed by atoms with Crippen molar-refractivity contribution in [3.8, 4) is 11.8 Å². The maximum atomic E-state index is 14.1.